The van der Waals surface area contributed by atoms with Gasteiger partial charge in [0, 0.05) is 19.3 Å². The van der Waals surface area contributed by atoms with Crippen LogP contribution in [0, 0.1) is 0 Å². The Morgan fingerprint density at radius 1 is 0.920 bits per heavy atom. The van der Waals surface area contributed by atoms with Gasteiger partial charge >= 0.3 is 8.80 Å². The average Bonchev–Trinajstić information content (AvgIpc) is 3.46. The molecule has 0 amide bonds. The molecule has 0 aromatic rings. The van der Waals surface area contributed by atoms with Crippen molar-refractivity contribution in [1.82, 2.24) is 0 Å². The first kappa shape index (κ1) is 23.1. The number of epoxide rings is 1. The van der Waals surface area contributed by atoms with Crippen LogP contribution < -0.4 is 0 Å². The van der Waals surface area contributed by atoms with Crippen LogP contribution >= 0.6 is 0 Å². The van der Waals surface area contributed by atoms with Crippen molar-refractivity contribution in [3.05, 3.63) is 0 Å². The third-order valence-corrected chi connectivity index (χ3v) is 7.25. The highest BCUT2D eigenvalue weighted by atomic mass is 28.4. The molecule has 0 spiro atoms. The lowest BCUT2D eigenvalue weighted by Gasteiger charge is -2.36. The first-order chi connectivity index (χ1) is 12.1. The first-order valence-electron chi connectivity index (χ1n) is 10.3. The maximum Gasteiger partial charge on any atom is 0.501 e. The van der Waals surface area contributed by atoms with Crippen molar-refractivity contribution in [1.29, 1.82) is 0 Å². The Hall–Kier alpha value is 0.0169. The second-order valence-corrected chi connectivity index (χ2v) is 9.46. The summed E-state index contributed by atoms with van der Waals surface area (Å²) < 4.78 is 30.5. The monoisotopic (exact) mass is 376 g/mol. The molecule has 0 N–H and O–H groups in total. The van der Waals surface area contributed by atoms with Crippen LogP contribution in [0.15, 0.2) is 0 Å². The van der Waals surface area contributed by atoms with Crippen LogP contribution in [0.25, 0.3) is 0 Å². The molecule has 0 aromatic heterocycles. The maximum absolute atomic E-state index is 6.63. The Kier molecular flexibility index (Phi) is 12.2. The molecule has 0 aromatic carbocycles. The molecular weight excluding hydrogens is 336 g/mol. The first-order valence-corrected chi connectivity index (χ1v) is 12.3. The minimum absolute atomic E-state index is 0.0148. The van der Waals surface area contributed by atoms with E-state index in [1.807, 2.05) is 0 Å². The normalized spacial score (nSPS) is 19.8. The molecular formula is C19H40O5Si. The molecule has 3 atom stereocenters. The van der Waals surface area contributed by atoms with E-state index in [0.29, 0.717) is 19.8 Å². The van der Waals surface area contributed by atoms with Gasteiger partial charge in [-0.25, -0.2) is 0 Å². The van der Waals surface area contributed by atoms with Crippen molar-refractivity contribution in [2.24, 2.45) is 0 Å². The average molecular weight is 377 g/mol. The van der Waals surface area contributed by atoms with Crippen molar-refractivity contribution in [3.63, 3.8) is 0 Å². The quantitative estimate of drug-likeness (QED) is 0.275. The highest BCUT2D eigenvalue weighted by Gasteiger charge is 2.44. The van der Waals surface area contributed by atoms with Crippen LogP contribution in [-0.4, -0.2) is 53.5 Å². The molecule has 1 aliphatic heterocycles. The number of hydrogen-bond donors (Lipinski definition) is 0. The van der Waals surface area contributed by atoms with Crippen LogP contribution in [0.1, 0.15) is 73.1 Å². The van der Waals surface area contributed by atoms with E-state index in [1.54, 1.807) is 0 Å². The zero-order chi connectivity index (χ0) is 18.5. The molecule has 1 aliphatic rings. The van der Waals surface area contributed by atoms with E-state index in [1.165, 1.54) is 0 Å². The number of unbranched alkanes of at least 4 members (excludes halogenated alkanes) is 1. The van der Waals surface area contributed by atoms with Gasteiger partial charge in [0.05, 0.1) is 25.4 Å². The predicted octanol–water partition coefficient (Wildman–Crippen LogP) is 4.57. The summed E-state index contributed by atoms with van der Waals surface area (Å²) in [6.07, 6.45) is 6.32. The van der Waals surface area contributed by atoms with E-state index in [4.69, 9.17) is 22.8 Å². The third kappa shape index (κ3) is 8.97. The fourth-order valence-corrected chi connectivity index (χ4v) is 5.98. The van der Waals surface area contributed by atoms with E-state index in [-0.39, 0.29) is 18.3 Å². The molecule has 5 nitrogen and oxygen atoms in total. The highest BCUT2D eigenvalue weighted by molar-refractivity contribution is 6.60. The van der Waals surface area contributed by atoms with Gasteiger partial charge in [0.2, 0.25) is 0 Å². The molecule has 0 bridgehead atoms. The second kappa shape index (κ2) is 13.2. The zero-order valence-corrected chi connectivity index (χ0v) is 18.1. The number of hydrogen-bond acceptors (Lipinski definition) is 5. The van der Waals surface area contributed by atoms with Gasteiger partial charge in [0.1, 0.15) is 6.10 Å². The molecule has 1 rings (SSSR count). The van der Waals surface area contributed by atoms with Crippen LogP contribution in [-0.2, 0) is 22.8 Å². The summed E-state index contributed by atoms with van der Waals surface area (Å²) in [6, 6.07) is 0.891. The van der Waals surface area contributed by atoms with Crippen molar-refractivity contribution >= 4 is 8.80 Å². The van der Waals surface area contributed by atoms with Crippen LogP contribution in [0.2, 0.25) is 6.04 Å². The summed E-state index contributed by atoms with van der Waals surface area (Å²) >= 11 is 0. The summed E-state index contributed by atoms with van der Waals surface area (Å²) in [4.78, 5) is 0. The molecule has 0 radical (unpaired) electrons. The highest BCUT2D eigenvalue weighted by Crippen LogP contribution is 2.26. The van der Waals surface area contributed by atoms with Gasteiger partial charge in [-0.2, -0.15) is 0 Å². The van der Waals surface area contributed by atoms with Crippen molar-refractivity contribution in [3.8, 4) is 0 Å². The summed E-state index contributed by atoms with van der Waals surface area (Å²) in [5.74, 6) is 0. The van der Waals surface area contributed by atoms with Crippen molar-refractivity contribution in [2.45, 2.75) is 97.5 Å². The van der Waals surface area contributed by atoms with Gasteiger partial charge in [-0.05, 0) is 32.1 Å². The van der Waals surface area contributed by atoms with E-state index in [2.05, 4.69) is 34.6 Å². The SMILES string of the molecule is CCCC[Si](OCCC)(OCCC)OC(CC)C(CC)OCC1CO1. The molecule has 1 fully saturated rings. The van der Waals surface area contributed by atoms with Gasteiger partial charge < -0.3 is 22.8 Å². The van der Waals surface area contributed by atoms with Crippen molar-refractivity contribution in [2.75, 3.05) is 26.4 Å². The Balaban J connectivity index is 2.78. The zero-order valence-electron chi connectivity index (χ0n) is 17.1. The van der Waals surface area contributed by atoms with Crippen molar-refractivity contribution < 1.29 is 22.8 Å². The van der Waals surface area contributed by atoms with Crippen LogP contribution in [0.4, 0.5) is 0 Å². The lowest BCUT2D eigenvalue weighted by Crippen LogP contribution is -2.51. The minimum atomic E-state index is -2.67. The van der Waals surface area contributed by atoms with E-state index in [9.17, 15) is 0 Å². The van der Waals surface area contributed by atoms with Gasteiger partial charge in [-0.15, -0.1) is 0 Å². The van der Waals surface area contributed by atoms with E-state index < -0.39 is 8.80 Å². The van der Waals surface area contributed by atoms with E-state index >= 15 is 0 Å². The van der Waals surface area contributed by atoms with Crippen LogP contribution in [0.5, 0.6) is 0 Å². The Labute approximate surface area is 156 Å². The summed E-state index contributed by atoms with van der Waals surface area (Å²) in [6.45, 7) is 13.6. The molecule has 1 saturated heterocycles. The van der Waals surface area contributed by atoms with Gasteiger partial charge in [0.25, 0.3) is 0 Å². The lowest BCUT2D eigenvalue weighted by atomic mass is 10.1. The Morgan fingerprint density at radius 3 is 1.96 bits per heavy atom. The molecule has 150 valence electrons. The third-order valence-electron chi connectivity index (χ3n) is 4.34. The summed E-state index contributed by atoms with van der Waals surface area (Å²) in [5, 5.41) is 0. The second-order valence-electron chi connectivity index (χ2n) is 6.78. The summed E-state index contributed by atoms with van der Waals surface area (Å²) in [5.41, 5.74) is 0. The molecule has 1 heterocycles. The van der Waals surface area contributed by atoms with Gasteiger partial charge in [-0.1, -0.05) is 41.0 Å². The topological polar surface area (TPSA) is 49.5 Å². The lowest BCUT2D eigenvalue weighted by molar-refractivity contribution is -0.0674. The van der Waals surface area contributed by atoms with E-state index in [0.717, 1.165) is 51.2 Å². The Bertz CT molecular complexity index is 303. The largest absolute Gasteiger partial charge is 0.501 e. The fraction of sp³-hybridized carbons (Fsp3) is 1.00. The molecule has 6 heteroatoms. The van der Waals surface area contributed by atoms with Gasteiger partial charge in [-0.3, -0.25) is 0 Å². The predicted molar refractivity (Wildman–Crippen MR) is 103 cm³/mol. The molecule has 0 saturated carbocycles. The maximum atomic E-state index is 6.63. The molecule has 25 heavy (non-hydrogen) atoms. The minimum Gasteiger partial charge on any atom is -0.373 e. The smallest absolute Gasteiger partial charge is 0.373 e. The van der Waals surface area contributed by atoms with Crippen LogP contribution in [0.3, 0.4) is 0 Å². The summed E-state index contributed by atoms with van der Waals surface area (Å²) in [7, 11) is -2.67. The van der Waals surface area contributed by atoms with Gasteiger partial charge in [0.15, 0.2) is 0 Å². The fourth-order valence-electron chi connectivity index (χ4n) is 2.76. The standard InChI is InChI=1S/C19H40O5Si/c1-6-11-14-25(22-12-7-2,23-13-8-3)24-19(10-5)18(9-4)21-16-17-15-20-17/h17-19H,6-16H2,1-5H3. The Morgan fingerprint density at radius 2 is 1.52 bits per heavy atom. The molecule has 0 aliphatic carbocycles. The number of rotatable bonds is 17. The molecule has 3 unspecified atom stereocenters. The number of ether oxygens (including phenoxy) is 2.